The van der Waals surface area contributed by atoms with E-state index in [1.165, 1.54) is 11.8 Å². The number of rotatable bonds is 13. The summed E-state index contributed by atoms with van der Waals surface area (Å²) in [6, 6.07) is -0.827. The zero-order valence-corrected chi connectivity index (χ0v) is 17.8. The van der Waals surface area contributed by atoms with Gasteiger partial charge in [-0.1, -0.05) is 0 Å². The summed E-state index contributed by atoms with van der Waals surface area (Å²) in [6.07, 6.45) is 0.319. The van der Waals surface area contributed by atoms with Crippen molar-refractivity contribution in [2.24, 2.45) is 0 Å². The largest absolute Gasteiger partial charge is 0.519 e. The summed E-state index contributed by atoms with van der Waals surface area (Å²) in [7, 11) is 0. The van der Waals surface area contributed by atoms with Crippen LogP contribution < -0.4 is 5.82 Å². The normalized spacial score (nSPS) is 17.1. The Balaban J connectivity index is 1.72. The second-order valence-corrected chi connectivity index (χ2v) is 7.03. The number of carbonyl (C=O) groups is 2. The highest BCUT2D eigenvalue weighted by Gasteiger charge is 2.36. The van der Waals surface area contributed by atoms with Crippen molar-refractivity contribution in [2.45, 2.75) is 57.8 Å². The number of esters is 1. The lowest BCUT2D eigenvalue weighted by molar-refractivity contribution is -0.527. The van der Waals surface area contributed by atoms with Crippen molar-refractivity contribution in [2.75, 3.05) is 19.8 Å². The average molecular weight is 481 g/mol. The van der Waals surface area contributed by atoms with Crippen LogP contribution in [0, 0.1) is 6.92 Å². The van der Waals surface area contributed by atoms with Crippen LogP contribution in [0.1, 0.15) is 43.6 Å². The van der Waals surface area contributed by atoms with Gasteiger partial charge in [0.15, 0.2) is 18.1 Å². The molecule has 2 atom stereocenters. The van der Waals surface area contributed by atoms with Crippen LogP contribution in [0.2, 0.25) is 0 Å². The Morgan fingerprint density at radius 2 is 1.91 bits per heavy atom. The predicted octanol–water partition coefficient (Wildman–Crippen LogP) is 0.748. The fraction of sp³-hybridized carbons (Fsp3) is 0.706. The van der Waals surface area contributed by atoms with Gasteiger partial charge in [0.05, 0.1) is 17.4 Å². The molecule has 1 fully saturated rings. The molecular weight excluding hydrogens is 454 g/mol. The highest BCUT2D eigenvalue weighted by molar-refractivity contribution is 5.82. The zero-order chi connectivity index (χ0) is 24.4. The quantitative estimate of drug-likeness (QED) is 0.174. The van der Waals surface area contributed by atoms with Crippen molar-refractivity contribution in [3.05, 3.63) is 22.1 Å². The first-order valence-electron chi connectivity index (χ1n) is 10.0. The topological polar surface area (TPSA) is 205 Å². The van der Waals surface area contributed by atoms with Gasteiger partial charge in [0.2, 0.25) is 0 Å². The van der Waals surface area contributed by atoms with Gasteiger partial charge in [0, 0.05) is 6.54 Å². The van der Waals surface area contributed by atoms with Gasteiger partial charge < -0.3 is 18.3 Å². The third-order valence-corrected chi connectivity index (χ3v) is 4.71. The summed E-state index contributed by atoms with van der Waals surface area (Å²) in [5, 5.41) is 33.4. The van der Waals surface area contributed by atoms with E-state index in [4.69, 9.17) is 34.7 Å². The highest BCUT2D eigenvalue weighted by Crippen LogP contribution is 2.21. The highest BCUT2D eigenvalue weighted by atomic mass is 17.1. The molecule has 0 saturated carbocycles. The standard InChI is InChI=1S/C17H27N3O13/c1-11-14(32-17(23)31-11)10-29-15(21)13-6-4-7-18(13)16(22)28-8-3-2-5-12(33-20(26)27)9-30-19(24)25/h12-13,24-27H,2-10H2,1H3. The van der Waals surface area contributed by atoms with E-state index in [9.17, 15) is 14.4 Å². The molecule has 0 aliphatic carbocycles. The molecule has 1 saturated heterocycles. The minimum absolute atomic E-state index is 0.0120. The number of hydrogen-bond donors (Lipinski definition) is 4. The lowest BCUT2D eigenvalue weighted by Crippen LogP contribution is -2.41. The van der Waals surface area contributed by atoms with Gasteiger partial charge in [-0.05, 0) is 39.0 Å². The Kier molecular flexibility index (Phi) is 10.7. The lowest BCUT2D eigenvalue weighted by atomic mass is 10.2. The van der Waals surface area contributed by atoms with Gasteiger partial charge in [-0.2, -0.15) is 0 Å². The SMILES string of the molecule is Cc1oc(=O)oc1COC(=O)C1CCCN1C(=O)OCCCCC(CON(O)O)ON(O)O. The van der Waals surface area contributed by atoms with E-state index in [0.717, 1.165) is 0 Å². The first kappa shape index (κ1) is 26.7. The molecule has 1 aromatic heterocycles. The average Bonchev–Trinajstić information content (AvgIpc) is 3.35. The fourth-order valence-corrected chi connectivity index (χ4v) is 3.14. The molecule has 1 aliphatic rings. The molecule has 1 aromatic rings. The van der Waals surface area contributed by atoms with E-state index in [2.05, 4.69) is 14.1 Å². The smallest absolute Gasteiger partial charge is 0.456 e. The summed E-state index contributed by atoms with van der Waals surface area (Å²) in [5.74, 6) is -1.27. The van der Waals surface area contributed by atoms with Crippen LogP contribution in [0.5, 0.6) is 0 Å². The van der Waals surface area contributed by atoms with Crippen LogP contribution in [0.4, 0.5) is 4.79 Å². The number of unbranched alkanes of at least 4 members (excludes halogenated alkanes) is 1. The summed E-state index contributed by atoms with van der Waals surface area (Å²) in [4.78, 5) is 46.0. The molecule has 0 spiro atoms. The molecule has 188 valence electrons. The van der Waals surface area contributed by atoms with Gasteiger partial charge in [0.25, 0.3) is 0 Å². The van der Waals surface area contributed by atoms with Crippen molar-refractivity contribution in [3.63, 3.8) is 0 Å². The molecule has 16 nitrogen and oxygen atoms in total. The monoisotopic (exact) mass is 481 g/mol. The van der Waals surface area contributed by atoms with Gasteiger partial charge in [-0.3, -0.25) is 25.7 Å². The molecule has 16 heteroatoms. The Morgan fingerprint density at radius 1 is 1.15 bits per heavy atom. The van der Waals surface area contributed by atoms with E-state index in [1.54, 1.807) is 0 Å². The predicted molar refractivity (Wildman–Crippen MR) is 98.4 cm³/mol. The number of ether oxygens (including phenoxy) is 2. The number of nitrogens with zero attached hydrogens (tertiary/aromatic N) is 3. The first-order valence-corrected chi connectivity index (χ1v) is 10.0. The van der Waals surface area contributed by atoms with Gasteiger partial charge in [-0.25, -0.2) is 24.1 Å². The van der Waals surface area contributed by atoms with E-state index in [0.29, 0.717) is 32.2 Å². The maximum Gasteiger partial charge on any atom is 0.519 e. The number of hydrogen-bond acceptors (Lipinski definition) is 15. The van der Waals surface area contributed by atoms with E-state index in [1.807, 2.05) is 0 Å². The molecule has 0 bridgehead atoms. The summed E-state index contributed by atoms with van der Waals surface area (Å²) < 4.78 is 19.8. The third kappa shape index (κ3) is 9.06. The Hall–Kier alpha value is -2.57. The molecule has 0 aromatic carbocycles. The Morgan fingerprint density at radius 3 is 2.55 bits per heavy atom. The van der Waals surface area contributed by atoms with Gasteiger partial charge >= 0.3 is 17.9 Å². The lowest BCUT2D eigenvalue weighted by Gasteiger charge is -2.22. The number of likely N-dealkylation sites (tertiary alicyclic amines) is 1. The number of aryl methyl sites for hydroxylation is 1. The van der Waals surface area contributed by atoms with Crippen molar-refractivity contribution < 1.29 is 58.4 Å². The molecule has 0 radical (unpaired) electrons. The Bertz CT molecular complexity index is 808. The molecular formula is C17H27N3O13. The van der Waals surface area contributed by atoms with Crippen LogP contribution in [0.15, 0.2) is 13.6 Å². The second-order valence-electron chi connectivity index (χ2n) is 7.03. The maximum atomic E-state index is 12.4. The third-order valence-electron chi connectivity index (χ3n) is 4.71. The van der Waals surface area contributed by atoms with Crippen LogP contribution in [0.3, 0.4) is 0 Å². The summed E-state index contributed by atoms with van der Waals surface area (Å²) in [6.45, 7) is 1.12. The summed E-state index contributed by atoms with van der Waals surface area (Å²) in [5.41, 5.74) is 0. The Labute approximate surface area is 186 Å². The van der Waals surface area contributed by atoms with E-state index >= 15 is 0 Å². The molecule has 2 rings (SSSR count). The molecule has 2 heterocycles. The molecule has 1 amide bonds. The van der Waals surface area contributed by atoms with Crippen LogP contribution in [0.25, 0.3) is 0 Å². The fourth-order valence-electron chi connectivity index (χ4n) is 3.14. The van der Waals surface area contributed by atoms with Crippen LogP contribution in [-0.4, -0.2) is 80.5 Å². The van der Waals surface area contributed by atoms with Crippen molar-refractivity contribution in [3.8, 4) is 0 Å². The van der Waals surface area contributed by atoms with Crippen molar-refractivity contribution in [1.82, 2.24) is 15.7 Å². The number of carbonyl (C=O) groups excluding carboxylic acids is 2. The van der Waals surface area contributed by atoms with Crippen molar-refractivity contribution in [1.29, 1.82) is 0 Å². The van der Waals surface area contributed by atoms with Crippen LogP contribution >= 0.6 is 0 Å². The van der Waals surface area contributed by atoms with E-state index in [-0.39, 0.29) is 31.2 Å². The molecule has 1 aliphatic heterocycles. The second kappa shape index (κ2) is 13.2. The minimum Gasteiger partial charge on any atom is -0.456 e. The minimum atomic E-state index is -0.932. The van der Waals surface area contributed by atoms with Crippen LogP contribution in [-0.2, 0) is 30.6 Å². The molecule has 4 N–H and O–H groups in total. The van der Waals surface area contributed by atoms with E-state index < -0.39 is 47.4 Å². The molecule has 33 heavy (non-hydrogen) atoms. The zero-order valence-electron chi connectivity index (χ0n) is 17.8. The van der Waals surface area contributed by atoms with Gasteiger partial charge in [0.1, 0.15) is 18.8 Å². The molecule has 2 unspecified atom stereocenters. The summed E-state index contributed by atoms with van der Waals surface area (Å²) >= 11 is 0. The maximum absolute atomic E-state index is 12.4. The van der Waals surface area contributed by atoms with Gasteiger partial charge in [-0.15, -0.1) is 0 Å². The van der Waals surface area contributed by atoms with Crippen molar-refractivity contribution >= 4 is 12.1 Å². The first-order chi connectivity index (χ1) is 15.7. The number of amides is 1.